The molecule has 4 heteroatoms. The predicted octanol–water partition coefficient (Wildman–Crippen LogP) is 9.76. The normalized spacial score (nSPS) is 17.6. The van der Waals surface area contributed by atoms with E-state index < -0.39 is 0 Å². The number of aromatic nitrogens is 2. The molecule has 0 bridgehead atoms. The van der Waals surface area contributed by atoms with E-state index in [0.29, 0.717) is 11.3 Å². The van der Waals surface area contributed by atoms with Crippen LogP contribution < -0.4 is 5.32 Å². The van der Waals surface area contributed by atoms with Crippen LogP contribution in [0.4, 0.5) is 5.69 Å². The molecule has 196 valence electrons. The average Bonchev–Trinajstić information content (AvgIpc) is 3.50. The lowest BCUT2D eigenvalue weighted by molar-refractivity contribution is 0.662. The number of benzene rings is 5. The van der Waals surface area contributed by atoms with Crippen molar-refractivity contribution in [1.29, 1.82) is 0 Å². The Morgan fingerprint density at radius 3 is 2.07 bits per heavy atom. The number of hydrogen-bond acceptors (Lipinski definition) is 4. The zero-order chi connectivity index (χ0) is 27.2. The van der Waals surface area contributed by atoms with Crippen LogP contribution in [0, 0.1) is 5.92 Å². The molecule has 41 heavy (non-hydrogen) atoms. The highest BCUT2D eigenvalue weighted by Gasteiger charge is 2.29. The monoisotopic (exact) mass is 545 g/mol. The van der Waals surface area contributed by atoms with Crippen LogP contribution >= 0.6 is 11.8 Å². The lowest BCUT2D eigenvalue weighted by Crippen LogP contribution is -2.21. The van der Waals surface area contributed by atoms with Gasteiger partial charge in [0.1, 0.15) is 0 Å². The van der Waals surface area contributed by atoms with Crippen molar-refractivity contribution < 1.29 is 0 Å². The van der Waals surface area contributed by atoms with Gasteiger partial charge in [-0.2, -0.15) is 0 Å². The molecule has 3 nitrogen and oxygen atoms in total. The fourth-order valence-electron chi connectivity index (χ4n) is 5.93. The van der Waals surface area contributed by atoms with Crippen molar-refractivity contribution in [3.05, 3.63) is 133 Å². The SMILES string of the molecule is C1=CCC(C2Nc3c(ccc4ccc5cc(-c6nc(-c7ccccc7)cc(-c7ccccc7)n6)ccc5c34)S2)C=C1. The minimum absolute atomic E-state index is 0.344. The zero-order valence-corrected chi connectivity index (χ0v) is 23.2. The van der Waals surface area contributed by atoms with Crippen LogP contribution in [0.2, 0.25) is 0 Å². The minimum Gasteiger partial charge on any atom is -0.371 e. The largest absolute Gasteiger partial charge is 0.371 e. The molecule has 2 atom stereocenters. The van der Waals surface area contributed by atoms with Crippen LogP contribution in [-0.4, -0.2) is 15.3 Å². The number of fused-ring (bicyclic) bond motifs is 5. The van der Waals surface area contributed by atoms with Gasteiger partial charge in [0, 0.05) is 32.9 Å². The van der Waals surface area contributed by atoms with Gasteiger partial charge in [0.05, 0.1) is 22.4 Å². The van der Waals surface area contributed by atoms with Crippen LogP contribution in [0.15, 0.2) is 138 Å². The molecule has 1 aliphatic carbocycles. The summed E-state index contributed by atoms with van der Waals surface area (Å²) in [6, 6.07) is 38.4. The van der Waals surface area contributed by atoms with E-state index >= 15 is 0 Å². The third kappa shape index (κ3) is 4.41. The number of nitrogens with one attached hydrogen (secondary N) is 1. The second-order valence-corrected chi connectivity index (χ2v) is 11.8. The Balaban J connectivity index is 1.24. The van der Waals surface area contributed by atoms with Crippen LogP contribution in [-0.2, 0) is 0 Å². The Bertz CT molecular complexity index is 1920. The topological polar surface area (TPSA) is 37.8 Å². The number of anilines is 1. The molecule has 0 fully saturated rings. The molecular weight excluding hydrogens is 518 g/mol. The van der Waals surface area contributed by atoms with Gasteiger partial charge in [-0.15, -0.1) is 0 Å². The van der Waals surface area contributed by atoms with Crippen LogP contribution in [0.1, 0.15) is 6.42 Å². The summed E-state index contributed by atoms with van der Waals surface area (Å²) < 4.78 is 0. The highest BCUT2D eigenvalue weighted by atomic mass is 32.2. The maximum atomic E-state index is 5.05. The number of rotatable bonds is 4. The molecule has 1 aromatic heterocycles. The number of allylic oxidation sites excluding steroid dienone is 3. The number of nitrogens with zero attached hydrogens (tertiary/aromatic N) is 2. The van der Waals surface area contributed by atoms with E-state index in [1.165, 1.54) is 32.1 Å². The van der Waals surface area contributed by atoms with E-state index in [4.69, 9.17) is 9.97 Å². The fourth-order valence-corrected chi connectivity index (χ4v) is 7.19. The molecule has 0 saturated heterocycles. The number of hydrogen-bond donors (Lipinski definition) is 1. The van der Waals surface area contributed by atoms with Crippen LogP contribution in [0.25, 0.3) is 55.4 Å². The van der Waals surface area contributed by atoms with Gasteiger partial charge in [0.25, 0.3) is 0 Å². The molecule has 0 spiro atoms. The van der Waals surface area contributed by atoms with Crippen molar-refractivity contribution in [3.8, 4) is 33.9 Å². The lowest BCUT2D eigenvalue weighted by atomic mass is 9.97. The van der Waals surface area contributed by atoms with Crippen LogP contribution in [0.5, 0.6) is 0 Å². The predicted molar refractivity (Wildman–Crippen MR) is 173 cm³/mol. The van der Waals surface area contributed by atoms with Gasteiger partial charge >= 0.3 is 0 Å². The summed E-state index contributed by atoms with van der Waals surface area (Å²) in [6.45, 7) is 0. The third-order valence-corrected chi connectivity index (χ3v) is 9.34. The molecule has 6 aromatic rings. The second-order valence-electron chi connectivity index (χ2n) is 10.6. The Kier molecular flexibility index (Phi) is 5.93. The first kappa shape index (κ1) is 24.2. The Morgan fingerprint density at radius 2 is 1.37 bits per heavy atom. The molecular formula is C37H27N3S. The van der Waals surface area contributed by atoms with E-state index in [0.717, 1.165) is 40.3 Å². The van der Waals surface area contributed by atoms with Crippen molar-refractivity contribution in [2.24, 2.45) is 5.92 Å². The summed E-state index contributed by atoms with van der Waals surface area (Å²) in [4.78, 5) is 11.4. The smallest absolute Gasteiger partial charge is 0.160 e. The highest BCUT2D eigenvalue weighted by Crippen LogP contribution is 2.48. The number of thioether (sulfide) groups is 1. The summed E-state index contributed by atoms with van der Waals surface area (Å²) in [5, 5.41) is 9.22. The van der Waals surface area contributed by atoms with E-state index in [1.807, 2.05) is 23.9 Å². The standard InChI is InChI=1S/C37H27N3S/c1-4-10-24(11-5-1)31-23-32(25-12-6-2-7-13-25)39-36(38-31)29-18-20-30-28(22-29)17-16-26-19-21-33-35(34(26)30)40-37(41-33)27-14-8-3-9-15-27/h1-14,16-23,27,37,40H,15H2. The molecule has 1 N–H and O–H groups in total. The summed E-state index contributed by atoms with van der Waals surface area (Å²) >= 11 is 1.95. The van der Waals surface area contributed by atoms with Gasteiger partial charge < -0.3 is 5.32 Å². The summed E-state index contributed by atoms with van der Waals surface area (Å²) in [5.41, 5.74) is 6.27. The van der Waals surface area contributed by atoms with Gasteiger partial charge in [0.2, 0.25) is 0 Å². The van der Waals surface area contributed by atoms with Crippen molar-refractivity contribution in [1.82, 2.24) is 9.97 Å². The van der Waals surface area contributed by atoms with Crippen molar-refractivity contribution in [3.63, 3.8) is 0 Å². The Hall–Kier alpha value is -4.67. The molecule has 1 aliphatic heterocycles. The first-order valence-corrected chi connectivity index (χ1v) is 14.9. The lowest BCUT2D eigenvalue weighted by Gasteiger charge is -2.20. The fraction of sp³-hybridized carbons (Fsp3) is 0.0811. The average molecular weight is 546 g/mol. The van der Waals surface area contributed by atoms with E-state index in [-0.39, 0.29) is 0 Å². The van der Waals surface area contributed by atoms with Crippen LogP contribution in [0.3, 0.4) is 0 Å². The molecule has 0 amide bonds. The molecule has 8 rings (SSSR count). The van der Waals surface area contributed by atoms with Gasteiger partial charge in [0.15, 0.2) is 5.82 Å². The van der Waals surface area contributed by atoms with Gasteiger partial charge in [-0.3, -0.25) is 0 Å². The van der Waals surface area contributed by atoms with Crippen molar-refractivity contribution >= 4 is 39.0 Å². The van der Waals surface area contributed by atoms with Crippen molar-refractivity contribution in [2.75, 3.05) is 5.32 Å². The third-order valence-electron chi connectivity index (χ3n) is 8.03. The molecule has 0 saturated carbocycles. The van der Waals surface area contributed by atoms with Gasteiger partial charge in [-0.25, -0.2) is 9.97 Å². The Labute approximate surface area is 243 Å². The van der Waals surface area contributed by atoms with Gasteiger partial charge in [-0.1, -0.05) is 127 Å². The molecule has 5 aromatic carbocycles. The van der Waals surface area contributed by atoms with Gasteiger partial charge in [-0.05, 0) is 40.8 Å². The maximum absolute atomic E-state index is 5.05. The Morgan fingerprint density at radius 1 is 0.659 bits per heavy atom. The first-order chi connectivity index (χ1) is 20.3. The first-order valence-electron chi connectivity index (χ1n) is 14.1. The summed E-state index contributed by atoms with van der Waals surface area (Å²) in [5.74, 6) is 1.22. The molecule has 2 heterocycles. The maximum Gasteiger partial charge on any atom is 0.160 e. The quantitative estimate of drug-likeness (QED) is 0.224. The minimum atomic E-state index is 0.344. The summed E-state index contributed by atoms with van der Waals surface area (Å²) in [7, 11) is 0. The van der Waals surface area contributed by atoms with E-state index in [2.05, 4.69) is 127 Å². The van der Waals surface area contributed by atoms with E-state index in [9.17, 15) is 0 Å². The van der Waals surface area contributed by atoms with E-state index in [1.54, 1.807) is 0 Å². The summed E-state index contributed by atoms with van der Waals surface area (Å²) in [6.07, 6.45) is 9.99. The second kappa shape index (κ2) is 10.1. The zero-order valence-electron chi connectivity index (χ0n) is 22.4. The highest BCUT2D eigenvalue weighted by molar-refractivity contribution is 8.00. The molecule has 2 unspecified atom stereocenters. The molecule has 0 radical (unpaired) electrons. The molecule has 2 aliphatic rings. The van der Waals surface area contributed by atoms with Crippen molar-refractivity contribution in [2.45, 2.75) is 16.7 Å².